The first kappa shape index (κ1) is 18.1. The molecule has 0 aromatic carbocycles. The van der Waals surface area contributed by atoms with Crippen molar-refractivity contribution in [1.82, 2.24) is 15.0 Å². The molecule has 0 atom stereocenters. The predicted octanol–water partition coefficient (Wildman–Crippen LogP) is 3.79. The minimum absolute atomic E-state index is 0.341. The van der Waals surface area contributed by atoms with Crippen LogP contribution in [0.25, 0.3) is 27.6 Å². The molecule has 8 heteroatoms. The van der Waals surface area contributed by atoms with Gasteiger partial charge in [0.15, 0.2) is 0 Å². The zero-order valence-corrected chi connectivity index (χ0v) is 16.2. The van der Waals surface area contributed by atoms with Gasteiger partial charge in [0.05, 0.1) is 36.0 Å². The Morgan fingerprint density at radius 3 is 2.76 bits per heavy atom. The molecule has 2 aliphatic rings. The molecule has 1 saturated heterocycles. The summed E-state index contributed by atoms with van der Waals surface area (Å²) in [5.74, 6) is 0.181. The van der Waals surface area contributed by atoms with Crippen LogP contribution in [0.5, 0.6) is 0 Å². The van der Waals surface area contributed by atoms with E-state index in [2.05, 4.69) is 19.9 Å². The maximum absolute atomic E-state index is 14.7. The van der Waals surface area contributed by atoms with E-state index in [1.807, 2.05) is 18.2 Å². The van der Waals surface area contributed by atoms with Gasteiger partial charge in [-0.15, -0.1) is 0 Å². The summed E-state index contributed by atoms with van der Waals surface area (Å²) in [6, 6.07) is 5.34. The summed E-state index contributed by atoms with van der Waals surface area (Å²) in [5, 5.41) is 1.17. The monoisotopic (exact) mass is 409 g/mol. The maximum Gasteiger partial charge on any atom is 0.220 e. The van der Waals surface area contributed by atoms with Crippen LogP contribution in [0.15, 0.2) is 41.7 Å². The first-order valence-corrected chi connectivity index (χ1v) is 9.72. The average molecular weight is 410 g/mol. The highest BCUT2D eigenvalue weighted by atomic mass is 35.5. The van der Waals surface area contributed by atoms with Gasteiger partial charge in [0.1, 0.15) is 5.82 Å². The van der Waals surface area contributed by atoms with Gasteiger partial charge in [-0.25, -0.2) is 9.97 Å². The highest BCUT2D eigenvalue weighted by Crippen LogP contribution is 2.36. The van der Waals surface area contributed by atoms with E-state index < -0.39 is 5.95 Å². The van der Waals surface area contributed by atoms with E-state index >= 15 is 0 Å². The predicted molar refractivity (Wildman–Crippen MR) is 112 cm³/mol. The highest BCUT2D eigenvalue weighted by Gasteiger charge is 2.21. The van der Waals surface area contributed by atoms with Crippen molar-refractivity contribution in [3.05, 3.63) is 53.3 Å². The molecule has 0 aliphatic carbocycles. The molecule has 3 aromatic heterocycles. The number of aliphatic imine (C=N–C) groups is 1. The van der Waals surface area contributed by atoms with Gasteiger partial charge in [-0.05, 0) is 29.8 Å². The molecule has 5 rings (SSSR count). The number of pyridine rings is 3. The Morgan fingerprint density at radius 1 is 1.10 bits per heavy atom. The molecule has 146 valence electrons. The van der Waals surface area contributed by atoms with Gasteiger partial charge in [0.25, 0.3) is 0 Å². The molecule has 0 radical (unpaired) electrons. The number of hydrogen-bond acceptors (Lipinski definition) is 6. The summed E-state index contributed by atoms with van der Waals surface area (Å²) in [5.41, 5.74) is 3.48. The van der Waals surface area contributed by atoms with Crippen LogP contribution in [-0.4, -0.2) is 54.0 Å². The molecule has 3 aromatic rings. The van der Waals surface area contributed by atoms with Crippen LogP contribution in [0.2, 0.25) is 5.02 Å². The molecule has 0 bridgehead atoms. The fourth-order valence-corrected chi connectivity index (χ4v) is 3.82. The first-order chi connectivity index (χ1) is 14.2. The van der Waals surface area contributed by atoms with Crippen LogP contribution >= 0.6 is 11.6 Å². The third-order valence-corrected chi connectivity index (χ3v) is 5.30. The SMILES string of the molecule is Fc1ncc(Cl)cc1-c1cc(N2CCOCC2)nc2c(C3=CC=NC3)nccc12. The Kier molecular flexibility index (Phi) is 4.69. The summed E-state index contributed by atoms with van der Waals surface area (Å²) in [4.78, 5) is 19.7. The highest BCUT2D eigenvalue weighted by molar-refractivity contribution is 6.30. The Hall–Kier alpha value is -2.90. The molecule has 0 amide bonds. The molecule has 6 nitrogen and oxygen atoms in total. The molecule has 1 fully saturated rings. The van der Waals surface area contributed by atoms with Gasteiger partial charge < -0.3 is 9.64 Å². The summed E-state index contributed by atoms with van der Waals surface area (Å²) in [6.07, 6.45) is 6.72. The van der Waals surface area contributed by atoms with Crippen LogP contribution in [-0.2, 0) is 4.74 Å². The number of morpholine rings is 1. The third kappa shape index (κ3) is 3.36. The Balaban J connectivity index is 1.78. The summed E-state index contributed by atoms with van der Waals surface area (Å²) in [7, 11) is 0. The number of aromatic nitrogens is 3. The number of rotatable bonds is 3. The lowest BCUT2D eigenvalue weighted by Crippen LogP contribution is -2.36. The van der Waals surface area contributed by atoms with E-state index in [0.717, 1.165) is 35.6 Å². The van der Waals surface area contributed by atoms with E-state index in [1.54, 1.807) is 18.5 Å². The number of halogens is 2. The Labute approximate surface area is 171 Å². The summed E-state index contributed by atoms with van der Waals surface area (Å²) in [6.45, 7) is 3.24. The van der Waals surface area contributed by atoms with Crippen molar-refractivity contribution in [1.29, 1.82) is 0 Å². The average Bonchev–Trinajstić information content (AvgIpc) is 3.29. The smallest absolute Gasteiger partial charge is 0.220 e. The molecule has 0 unspecified atom stereocenters. The van der Waals surface area contributed by atoms with Crippen molar-refractivity contribution in [2.24, 2.45) is 4.99 Å². The van der Waals surface area contributed by atoms with E-state index in [0.29, 0.717) is 41.4 Å². The first-order valence-electron chi connectivity index (χ1n) is 9.34. The third-order valence-electron chi connectivity index (χ3n) is 5.09. The Morgan fingerprint density at radius 2 is 1.97 bits per heavy atom. The van der Waals surface area contributed by atoms with Gasteiger partial charge in [0, 0.05) is 48.2 Å². The lowest BCUT2D eigenvalue weighted by molar-refractivity contribution is 0.122. The van der Waals surface area contributed by atoms with Gasteiger partial charge in [-0.3, -0.25) is 9.98 Å². The normalized spacial score (nSPS) is 16.5. The van der Waals surface area contributed by atoms with Crippen molar-refractivity contribution >= 4 is 40.1 Å². The van der Waals surface area contributed by atoms with Crippen LogP contribution < -0.4 is 4.90 Å². The van der Waals surface area contributed by atoms with E-state index in [-0.39, 0.29) is 0 Å². The standard InChI is InChI=1S/C21H17ClFN5O/c22-14-9-17(21(23)26-12-14)16-10-18(28-5-7-29-8-6-28)27-20-15(16)2-4-25-19(20)13-1-3-24-11-13/h1-4,9-10,12H,5-8,11H2. The largest absolute Gasteiger partial charge is 0.378 e. The lowest BCUT2D eigenvalue weighted by Gasteiger charge is -2.28. The van der Waals surface area contributed by atoms with Crippen LogP contribution in [0, 0.1) is 5.95 Å². The number of hydrogen-bond donors (Lipinski definition) is 0. The molecule has 5 heterocycles. The second-order valence-electron chi connectivity index (χ2n) is 6.86. The van der Waals surface area contributed by atoms with Crippen molar-refractivity contribution in [3.63, 3.8) is 0 Å². The molecular weight excluding hydrogens is 393 g/mol. The molecule has 0 N–H and O–H groups in total. The van der Waals surface area contributed by atoms with Gasteiger partial charge in [0.2, 0.25) is 5.95 Å². The number of allylic oxidation sites excluding steroid dienone is 1. The topological polar surface area (TPSA) is 63.5 Å². The number of nitrogens with zero attached hydrogens (tertiary/aromatic N) is 5. The fraction of sp³-hybridized carbons (Fsp3) is 0.238. The van der Waals surface area contributed by atoms with Crippen LogP contribution in [0.4, 0.5) is 10.2 Å². The molecule has 0 saturated carbocycles. The summed E-state index contributed by atoms with van der Waals surface area (Å²) < 4.78 is 20.2. The van der Waals surface area contributed by atoms with Crippen LogP contribution in [0.3, 0.4) is 0 Å². The van der Waals surface area contributed by atoms with Gasteiger partial charge in [-0.2, -0.15) is 4.39 Å². The van der Waals surface area contributed by atoms with Crippen molar-refractivity contribution < 1.29 is 9.13 Å². The van der Waals surface area contributed by atoms with Gasteiger partial charge in [-0.1, -0.05) is 11.6 Å². The van der Waals surface area contributed by atoms with Crippen molar-refractivity contribution in [2.75, 3.05) is 37.7 Å². The minimum Gasteiger partial charge on any atom is -0.378 e. The summed E-state index contributed by atoms with van der Waals surface area (Å²) >= 11 is 6.13. The molecule has 29 heavy (non-hydrogen) atoms. The molecular formula is C21H17ClFN5O. The second kappa shape index (κ2) is 7.50. The number of ether oxygens (including phenoxy) is 1. The Bertz CT molecular complexity index is 1160. The number of anilines is 1. The van der Waals surface area contributed by atoms with Crippen molar-refractivity contribution in [3.8, 4) is 11.1 Å². The number of fused-ring (bicyclic) bond motifs is 1. The minimum atomic E-state index is -0.573. The maximum atomic E-state index is 14.7. The molecule has 2 aliphatic heterocycles. The van der Waals surface area contributed by atoms with Crippen LogP contribution in [0.1, 0.15) is 5.69 Å². The van der Waals surface area contributed by atoms with E-state index in [4.69, 9.17) is 21.3 Å². The van der Waals surface area contributed by atoms with E-state index in [9.17, 15) is 4.39 Å². The second-order valence-corrected chi connectivity index (χ2v) is 7.29. The van der Waals surface area contributed by atoms with Crippen molar-refractivity contribution in [2.45, 2.75) is 0 Å². The zero-order chi connectivity index (χ0) is 19.8. The van der Waals surface area contributed by atoms with E-state index in [1.165, 1.54) is 6.20 Å². The van der Waals surface area contributed by atoms with Gasteiger partial charge >= 0.3 is 0 Å². The zero-order valence-electron chi connectivity index (χ0n) is 15.5. The molecule has 0 spiro atoms. The lowest BCUT2D eigenvalue weighted by atomic mass is 10.00. The quantitative estimate of drug-likeness (QED) is 0.616. The fourth-order valence-electron chi connectivity index (χ4n) is 3.66.